The Labute approximate surface area is 182 Å². The molecule has 11 heteroatoms. The monoisotopic (exact) mass is 445 g/mol. The normalized spacial score (nSPS) is 13.9. The Bertz CT molecular complexity index is 1060. The van der Waals surface area contributed by atoms with Gasteiger partial charge in [-0.25, -0.2) is 15.0 Å². The Morgan fingerprint density at radius 3 is 2.40 bits per heavy atom. The molecule has 1 N–H and O–H groups in total. The third kappa shape index (κ3) is 4.37. The minimum atomic E-state index is -0.475. The summed E-state index contributed by atoms with van der Waals surface area (Å²) in [4.78, 5) is 27.8. The molecule has 0 atom stereocenters. The van der Waals surface area contributed by atoms with Crippen molar-refractivity contribution < 1.29 is 4.92 Å². The minimum absolute atomic E-state index is 0.0806. The third-order valence-electron chi connectivity index (χ3n) is 4.71. The topological polar surface area (TPSA) is 100 Å². The van der Waals surface area contributed by atoms with Gasteiger partial charge < -0.3 is 15.1 Å². The van der Waals surface area contributed by atoms with Gasteiger partial charge in [0.05, 0.1) is 9.95 Å². The number of aromatic nitrogens is 3. The van der Waals surface area contributed by atoms with E-state index in [1.807, 2.05) is 29.2 Å². The van der Waals surface area contributed by atoms with Crippen LogP contribution in [0.15, 0.2) is 48.9 Å². The molecule has 1 fully saturated rings. The summed E-state index contributed by atoms with van der Waals surface area (Å²) in [5, 5.41) is 15.9. The molecule has 2 aromatic heterocycles. The van der Waals surface area contributed by atoms with Crippen LogP contribution in [0, 0.1) is 10.1 Å². The van der Waals surface area contributed by atoms with Gasteiger partial charge in [0, 0.05) is 43.1 Å². The van der Waals surface area contributed by atoms with Gasteiger partial charge in [-0.1, -0.05) is 29.3 Å². The highest BCUT2D eigenvalue weighted by Gasteiger charge is 2.29. The molecule has 154 valence electrons. The van der Waals surface area contributed by atoms with E-state index >= 15 is 0 Å². The van der Waals surface area contributed by atoms with Crippen molar-refractivity contribution in [2.75, 3.05) is 41.3 Å². The van der Waals surface area contributed by atoms with E-state index in [9.17, 15) is 10.1 Å². The fourth-order valence-electron chi connectivity index (χ4n) is 3.28. The van der Waals surface area contributed by atoms with Crippen LogP contribution in [0.3, 0.4) is 0 Å². The summed E-state index contributed by atoms with van der Waals surface area (Å²) >= 11 is 11.9. The smallest absolute Gasteiger partial charge is 0.353 e. The molecule has 30 heavy (non-hydrogen) atoms. The zero-order valence-corrected chi connectivity index (χ0v) is 17.2. The highest BCUT2D eigenvalue weighted by molar-refractivity contribution is 6.31. The molecule has 9 nitrogen and oxygen atoms in total. The summed E-state index contributed by atoms with van der Waals surface area (Å²) in [6, 6.07) is 10.9. The molecule has 4 rings (SSSR count). The average molecular weight is 446 g/mol. The van der Waals surface area contributed by atoms with Gasteiger partial charge in [-0.05, 0) is 30.3 Å². The van der Waals surface area contributed by atoms with Crippen molar-refractivity contribution in [2.24, 2.45) is 0 Å². The molecule has 0 spiro atoms. The minimum Gasteiger partial charge on any atom is -0.368 e. The lowest BCUT2D eigenvalue weighted by atomic mass is 10.2. The first-order chi connectivity index (χ1) is 14.5. The van der Waals surface area contributed by atoms with Gasteiger partial charge in [0.1, 0.15) is 12.1 Å². The second-order valence-electron chi connectivity index (χ2n) is 6.59. The molecule has 0 amide bonds. The van der Waals surface area contributed by atoms with Crippen LogP contribution in [0.2, 0.25) is 10.0 Å². The van der Waals surface area contributed by atoms with Crippen molar-refractivity contribution in [2.45, 2.75) is 0 Å². The Morgan fingerprint density at radius 2 is 1.73 bits per heavy atom. The van der Waals surface area contributed by atoms with Crippen LogP contribution in [-0.2, 0) is 0 Å². The molecule has 1 aliphatic rings. The van der Waals surface area contributed by atoms with E-state index in [4.69, 9.17) is 23.2 Å². The number of benzene rings is 1. The maximum Gasteiger partial charge on any atom is 0.353 e. The molecule has 0 saturated carbocycles. The number of nitrogens with one attached hydrogen (secondary N) is 1. The molecule has 3 heterocycles. The number of rotatable bonds is 5. The summed E-state index contributed by atoms with van der Waals surface area (Å²) in [6.45, 7) is 2.51. The van der Waals surface area contributed by atoms with E-state index in [1.54, 1.807) is 12.1 Å². The summed E-state index contributed by atoms with van der Waals surface area (Å²) < 4.78 is 0. The van der Waals surface area contributed by atoms with Gasteiger partial charge in [0.2, 0.25) is 11.6 Å². The van der Waals surface area contributed by atoms with E-state index in [0.29, 0.717) is 42.0 Å². The van der Waals surface area contributed by atoms with Gasteiger partial charge in [-0.3, -0.25) is 10.1 Å². The molecular weight excluding hydrogens is 429 g/mol. The van der Waals surface area contributed by atoms with Gasteiger partial charge >= 0.3 is 5.69 Å². The summed E-state index contributed by atoms with van der Waals surface area (Å²) in [7, 11) is 0. The van der Waals surface area contributed by atoms with Crippen molar-refractivity contribution >= 4 is 52.0 Å². The predicted molar refractivity (Wildman–Crippen MR) is 117 cm³/mol. The van der Waals surface area contributed by atoms with E-state index in [2.05, 4.69) is 25.2 Å². The Hall–Kier alpha value is -3.17. The molecule has 1 saturated heterocycles. The second kappa shape index (κ2) is 8.68. The van der Waals surface area contributed by atoms with Gasteiger partial charge in [0.25, 0.3) is 0 Å². The molecule has 1 aromatic carbocycles. The van der Waals surface area contributed by atoms with E-state index in [0.717, 1.165) is 5.69 Å². The largest absolute Gasteiger partial charge is 0.368 e. The fourth-order valence-corrected chi connectivity index (χ4v) is 3.58. The van der Waals surface area contributed by atoms with Crippen molar-refractivity contribution in [1.82, 2.24) is 15.0 Å². The number of piperazine rings is 1. The fraction of sp³-hybridized carbons (Fsp3) is 0.211. The summed E-state index contributed by atoms with van der Waals surface area (Å²) in [5.41, 5.74) is 0.834. The number of halogens is 2. The van der Waals surface area contributed by atoms with Gasteiger partial charge in [-0.15, -0.1) is 0 Å². The predicted octanol–water partition coefficient (Wildman–Crippen LogP) is 4.16. The molecule has 0 unspecified atom stereocenters. The molecule has 3 aromatic rings. The van der Waals surface area contributed by atoms with Crippen LogP contribution in [-0.4, -0.2) is 46.1 Å². The van der Waals surface area contributed by atoms with Crippen molar-refractivity contribution in [1.29, 1.82) is 0 Å². The molecule has 0 radical (unpaired) electrons. The first kappa shape index (κ1) is 20.1. The lowest BCUT2D eigenvalue weighted by Gasteiger charge is -2.36. The Kier molecular flexibility index (Phi) is 5.82. The quantitative estimate of drug-likeness (QED) is 0.461. The SMILES string of the molecule is O=[N+]([O-])c1c(Nc2ccc(Cl)cn2)ncnc1N1CCN(c2cccc(Cl)c2)CC1. The molecule has 0 aliphatic carbocycles. The zero-order chi connectivity index (χ0) is 21.1. The van der Waals surface area contributed by atoms with Gasteiger partial charge in [0.15, 0.2) is 0 Å². The highest BCUT2D eigenvalue weighted by Crippen LogP contribution is 2.34. The number of hydrogen-bond donors (Lipinski definition) is 1. The molecule has 1 aliphatic heterocycles. The summed E-state index contributed by atoms with van der Waals surface area (Å²) in [5.74, 6) is 0.757. The maximum atomic E-state index is 11.8. The Morgan fingerprint density at radius 1 is 0.967 bits per heavy atom. The number of pyridine rings is 1. The first-order valence-corrected chi connectivity index (χ1v) is 9.90. The van der Waals surface area contributed by atoms with Crippen LogP contribution < -0.4 is 15.1 Å². The van der Waals surface area contributed by atoms with Crippen LogP contribution in [0.25, 0.3) is 0 Å². The number of hydrogen-bond acceptors (Lipinski definition) is 8. The van der Waals surface area contributed by atoms with Crippen molar-refractivity contribution in [3.05, 3.63) is 69.1 Å². The van der Waals surface area contributed by atoms with E-state index < -0.39 is 4.92 Å². The van der Waals surface area contributed by atoms with Crippen LogP contribution in [0.5, 0.6) is 0 Å². The average Bonchev–Trinajstić information content (AvgIpc) is 2.75. The van der Waals surface area contributed by atoms with E-state index in [1.165, 1.54) is 12.5 Å². The van der Waals surface area contributed by atoms with Crippen LogP contribution in [0.4, 0.5) is 28.8 Å². The Balaban J connectivity index is 1.55. The number of anilines is 4. The third-order valence-corrected chi connectivity index (χ3v) is 5.17. The molecule has 0 bridgehead atoms. The number of nitrogens with zero attached hydrogens (tertiary/aromatic N) is 6. The van der Waals surface area contributed by atoms with E-state index in [-0.39, 0.29) is 17.3 Å². The van der Waals surface area contributed by atoms with Crippen LogP contribution in [0.1, 0.15) is 0 Å². The second-order valence-corrected chi connectivity index (χ2v) is 7.47. The standard InChI is InChI=1S/C19H17Cl2N7O2/c20-13-2-1-3-15(10-13)26-6-8-27(9-7-26)19-17(28(29)30)18(23-12-24-19)25-16-5-4-14(21)11-22-16/h1-5,10-12H,6-9H2,(H,22,23,24,25). The zero-order valence-electron chi connectivity index (χ0n) is 15.7. The van der Waals surface area contributed by atoms with Crippen molar-refractivity contribution in [3.8, 4) is 0 Å². The number of nitro groups is 1. The molecular formula is C19H17Cl2N7O2. The first-order valence-electron chi connectivity index (χ1n) is 9.14. The maximum absolute atomic E-state index is 11.8. The van der Waals surface area contributed by atoms with Crippen LogP contribution >= 0.6 is 23.2 Å². The lowest BCUT2D eigenvalue weighted by molar-refractivity contribution is -0.383. The van der Waals surface area contributed by atoms with Gasteiger partial charge in [-0.2, -0.15) is 0 Å². The summed E-state index contributed by atoms with van der Waals surface area (Å²) in [6.07, 6.45) is 2.76. The highest BCUT2D eigenvalue weighted by atomic mass is 35.5. The van der Waals surface area contributed by atoms with Crippen molar-refractivity contribution in [3.63, 3.8) is 0 Å². The lowest BCUT2D eigenvalue weighted by Crippen LogP contribution is -2.47.